The number of nitrogens with one attached hydrogen (secondary N) is 2. The number of hydrogen-bond donors (Lipinski definition) is 4. The lowest BCUT2D eigenvalue weighted by Crippen LogP contribution is -2.34. The highest BCUT2D eigenvalue weighted by molar-refractivity contribution is 7.54. The molecule has 2 aromatic heterocycles. The SMILES string of the molecule is Nc1ncnc2c1nc(Cl)n2[C@@H]1O[C@H](COP(=O)(NCC(=O)OCc2ccccc2)NCC(=O)OCc2ccccc2)C[C@@H]1O. The summed E-state index contributed by atoms with van der Waals surface area (Å²) in [5, 5.41) is 15.8. The van der Waals surface area contributed by atoms with Gasteiger partial charge in [0.1, 0.15) is 38.7 Å². The molecule has 17 heteroatoms. The van der Waals surface area contributed by atoms with Crippen molar-refractivity contribution in [3.05, 3.63) is 83.4 Å². The Bertz CT molecular complexity index is 1600. The Morgan fingerprint density at radius 2 is 1.58 bits per heavy atom. The number of aromatic nitrogens is 4. The van der Waals surface area contributed by atoms with Crippen molar-refractivity contribution in [1.82, 2.24) is 29.7 Å². The van der Waals surface area contributed by atoms with E-state index >= 15 is 0 Å². The quantitative estimate of drug-likeness (QED) is 0.0873. The average molecular weight is 660 g/mol. The third-order valence-corrected chi connectivity index (χ3v) is 8.60. The Labute approximate surface area is 262 Å². The molecule has 15 nitrogen and oxygen atoms in total. The highest BCUT2D eigenvalue weighted by atomic mass is 35.5. The number of ether oxygens (including phenoxy) is 3. The first kappa shape index (κ1) is 32.4. The minimum Gasteiger partial charge on any atom is -0.460 e. The number of nitrogens with zero attached hydrogens (tertiary/aromatic N) is 4. The van der Waals surface area contributed by atoms with Crippen LogP contribution in [0.5, 0.6) is 0 Å². The molecule has 0 spiro atoms. The summed E-state index contributed by atoms with van der Waals surface area (Å²) in [6.07, 6.45) is -1.54. The van der Waals surface area contributed by atoms with E-state index < -0.39 is 51.1 Å². The van der Waals surface area contributed by atoms with Crippen LogP contribution in [0.3, 0.4) is 0 Å². The van der Waals surface area contributed by atoms with Crippen LogP contribution in [0.1, 0.15) is 23.8 Å². The highest BCUT2D eigenvalue weighted by Crippen LogP contribution is 2.40. The van der Waals surface area contributed by atoms with Crippen LogP contribution in [-0.2, 0) is 46.1 Å². The van der Waals surface area contributed by atoms with Gasteiger partial charge in [0.05, 0.1) is 12.7 Å². The zero-order valence-electron chi connectivity index (χ0n) is 23.8. The van der Waals surface area contributed by atoms with E-state index in [1.165, 1.54) is 10.9 Å². The van der Waals surface area contributed by atoms with Crippen molar-refractivity contribution < 1.29 is 38.0 Å². The molecule has 1 aliphatic rings. The number of carbonyl (C=O) groups is 2. The summed E-state index contributed by atoms with van der Waals surface area (Å²) in [5.41, 5.74) is 7.92. The third-order valence-electron chi connectivity index (χ3n) is 6.67. The Hall–Kier alpha value is -3.95. The number of halogens is 1. The fourth-order valence-electron chi connectivity index (χ4n) is 4.45. The van der Waals surface area contributed by atoms with Crippen molar-refractivity contribution in [3.63, 3.8) is 0 Å². The van der Waals surface area contributed by atoms with Crippen LogP contribution in [-0.4, -0.2) is 68.5 Å². The summed E-state index contributed by atoms with van der Waals surface area (Å²) < 4.78 is 37.2. The van der Waals surface area contributed by atoms with Crippen LogP contribution in [0.2, 0.25) is 5.28 Å². The van der Waals surface area contributed by atoms with Crippen molar-refractivity contribution in [2.24, 2.45) is 0 Å². The molecule has 45 heavy (non-hydrogen) atoms. The van der Waals surface area contributed by atoms with Crippen molar-refractivity contribution in [3.8, 4) is 0 Å². The Morgan fingerprint density at radius 1 is 1.00 bits per heavy atom. The van der Waals surface area contributed by atoms with Crippen LogP contribution >= 0.6 is 19.3 Å². The Morgan fingerprint density at radius 3 is 2.16 bits per heavy atom. The van der Waals surface area contributed by atoms with E-state index in [0.29, 0.717) is 0 Å². The first-order chi connectivity index (χ1) is 21.7. The summed E-state index contributed by atoms with van der Waals surface area (Å²) in [5.74, 6) is -1.30. The predicted molar refractivity (Wildman–Crippen MR) is 161 cm³/mol. The van der Waals surface area contributed by atoms with Gasteiger partial charge in [0, 0.05) is 6.42 Å². The van der Waals surface area contributed by atoms with Gasteiger partial charge in [-0.25, -0.2) is 25.1 Å². The summed E-state index contributed by atoms with van der Waals surface area (Å²) in [7, 11) is -4.07. The number of fused-ring (bicyclic) bond motifs is 1. The summed E-state index contributed by atoms with van der Waals surface area (Å²) >= 11 is 6.31. The normalized spacial score (nSPS) is 18.2. The number of imidazole rings is 1. The smallest absolute Gasteiger partial charge is 0.341 e. The number of carbonyl (C=O) groups excluding carboxylic acids is 2. The van der Waals surface area contributed by atoms with Crippen LogP contribution in [0, 0.1) is 0 Å². The Kier molecular flexibility index (Phi) is 10.7. The first-order valence-electron chi connectivity index (χ1n) is 13.8. The molecule has 3 heterocycles. The molecule has 1 aliphatic heterocycles. The summed E-state index contributed by atoms with van der Waals surface area (Å²) in [6, 6.07) is 18.1. The predicted octanol–water partition coefficient (Wildman–Crippen LogP) is 2.50. The maximum absolute atomic E-state index is 13.7. The van der Waals surface area contributed by atoms with Gasteiger partial charge in [-0.05, 0) is 22.7 Å². The highest BCUT2D eigenvalue weighted by Gasteiger charge is 2.39. The van der Waals surface area contributed by atoms with E-state index in [1.54, 1.807) is 24.3 Å². The zero-order chi connectivity index (χ0) is 31.8. The van der Waals surface area contributed by atoms with Gasteiger partial charge in [-0.3, -0.25) is 18.7 Å². The lowest BCUT2D eigenvalue weighted by molar-refractivity contribution is -0.144. The van der Waals surface area contributed by atoms with Crippen LogP contribution in [0.25, 0.3) is 11.2 Å². The molecule has 5 N–H and O–H groups in total. The molecule has 1 fully saturated rings. The third kappa shape index (κ3) is 8.61. The van der Waals surface area contributed by atoms with E-state index in [0.717, 1.165) is 11.1 Å². The van der Waals surface area contributed by atoms with Gasteiger partial charge in [-0.15, -0.1) is 0 Å². The van der Waals surface area contributed by atoms with E-state index in [2.05, 4.69) is 25.1 Å². The molecule has 3 atom stereocenters. The number of aliphatic hydroxyl groups excluding tert-OH is 1. The number of benzene rings is 2. The summed E-state index contributed by atoms with van der Waals surface area (Å²) in [6.45, 7) is -1.26. The van der Waals surface area contributed by atoms with Gasteiger partial charge in [0.25, 0.3) is 0 Å². The molecular weight excluding hydrogens is 629 g/mol. The number of hydrogen-bond acceptors (Lipinski definition) is 12. The number of nitrogen functional groups attached to an aromatic ring is 1. The second-order valence-corrected chi connectivity index (χ2v) is 12.3. The van der Waals surface area contributed by atoms with E-state index in [9.17, 15) is 19.3 Å². The molecule has 0 radical (unpaired) electrons. The number of aliphatic hydroxyl groups is 1. The number of esters is 2. The van der Waals surface area contributed by atoms with Crippen LogP contribution < -0.4 is 15.9 Å². The molecule has 4 aromatic rings. The molecule has 0 unspecified atom stereocenters. The van der Waals surface area contributed by atoms with E-state index in [4.69, 9.17) is 36.1 Å². The van der Waals surface area contributed by atoms with Crippen LogP contribution in [0.4, 0.5) is 5.82 Å². The van der Waals surface area contributed by atoms with Gasteiger partial charge in [-0.2, -0.15) is 0 Å². The number of nitrogens with two attached hydrogens (primary N) is 1. The molecule has 5 rings (SSSR count). The zero-order valence-corrected chi connectivity index (χ0v) is 25.5. The second-order valence-electron chi connectivity index (χ2n) is 9.94. The van der Waals surface area contributed by atoms with Crippen LogP contribution in [0.15, 0.2) is 67.0 Å². The van der Waals surface area contributed by atoms with Gasteiger partial charge < -0.3 is 29.6 Å². The van der Waals surface area contributed by atoms with Gasteiger partial charge in [0.2, 0.25) is 5.28 Å². The first-order valence-corrected chi connectivity index (χ1v) is 15.8. The fourth-order valence-corrected chi connectivity index (χ4v) is 6.05. The molecular formula is C28H31ClN7O8P. The molecule has 0 bridgehead atoms. The summed E-state index contributed by atoms with van der Waals surface area (Å²) in [4.78, 5) is 37.0. The van der Waals surface area contributed by atoms with Crippen molar-refractivity contribution in [2.75, 3.05) is 25.4 Å². The van der Waals surface area contributed by atoms with Gasteiger partial charge in [-0.1, -0.05) is 60.7 Å². The van der Waals surface area contributed by atoms with E-state index in [-0.39, 0.29) is 48.5 Å². The average Bonchev–Trinajstić information content (AvgIpc) is 3.59. The molecule has 2 aromatic carbocycles. The molecule has 0 aliphatic carbocycles. The van der Waals surface area contributed by atoms with Crippen molar-refractivity contribution in [2.45, 2.75) is 38.1 Å². The minimum absolute atomic E-state index is 0.0169. The van der Waals surface area contributed by atoms with E-state index in [1.807, 2.05) is 36.4 Å². The maximum Gasteiger partial charge on any atom is 0.341 e. The van der Waals surface area contributed by atoms with Gasteiger partial charge >= 0.3 is 19.6 Å². The molecule has 1 saturated heterocycles. The largest absolute Gasteiger partial charge is 0.460 e. The Balaban J connectivity index is 1.20. The number of anilines is 1. The minimum atomic E-state index is -4.07. The lowest BCUT2D eigenvalue weighted by atomic mass is 10.2. The van der Waals surface area contributed by atoms with Gasteiger partial charge in [0.15, 0.2) is 23.2 Å². The molecule has 238 valence electrons. The lowest BCUT2D eigenvalue weighted by Gasteiger charge is -2.22. The molecule has 0 amide bonds. The number of rotatable bonds is 14. The maximum atomic E-state index is 13.7. The topological polar surface area (TPSA) is 202 Å². The monoisotopic (exact) mass is 659 g/mol. The van der Waals surface area contributed by atoms with Crippen molar-refractivity contribution in [1.29, 1.82) is 0 Å². The standard InChI is InChI=1S/C28H31ClN7O8P/c29-28-35-24-25(30)31-17-32-26(24)36(28)27-21(37)11-20(44-27)16-43-45(40,33-12-22(38)41-14-18-7-3-1-4-8-18)34-13-23(39)42-15-19-9-5-2-6-10-19/h1-10,17,20-21,27,37H,11-16H2,(H2,30,31,32)(H2,33,34,40)/t20-,21-,27+/m0/s1. The van der Waals surface area contributed by atoms with Crippen molar-refractivity contribution >= 4 is 48.2 Å². The fraction of sp³-hybridized carbons (Fsp3) is 0.321. The molecule has 0 saturated carbocycles. The second kappa shape index (κ2) is 14.9.